The van der Waals surface area contributed by atoms with Crippen molar-refractivity contribution in [3.63, 3.8) is 0 Å². The molecule has 0 unspecified atom stereocenters. The zero-order valence-electron chi connectivity index (χ0n) is 9.77. The largest absolute Gasteiger partial charge is 0.246 e. The highest BCUT2D eigenvalue weighted by Crippen LogP contribution is 2.26. The number of benzene rings is 1. The van der Waals surface area contributed by atoms with Crippen molar-refractivity contribution in [3.8, 4) is 0 Å². The number of nitrogens with zero attached hydrogens (tertiary/aromatic N) is 1. The highest BCUT2D eigenvalue weighted by atomic mass is 32.2. The van der Waals surface area contributed by atoms with Gasteiger partial charge in [0.2, 0.25) is 10.0 Å². The first-order valence-electron chi connectivity index (χ1n) is 5.80. The molecule has 1 atom stereocenters. The van der Waals surface area contributed by atoms with Crippen LogP contribution in [-0.4, -0.2) is 25.3 Å². The summed E-state index contributed by atoms with van der Waals surface area (Å²) in [4.78, 5) is -0.214. The van der Waals surface area contributed by atoms with Crippen LogP contribution in [0.4, 0.5) is 4.39 Å². The van der Waals surface area contributed by atoms with Gasteiger partial charge in [-0.1, -0.05) is 18.6 Å². The van der Waals surface area contributed by atoms with Gasteiger partial charge in [-0.05, 0) is 31.9 Å². The first-order chi connectivity index (χ1) is 8.03. The minimum absolute atomic E-state index is 0.0478. The van der Waals surface area contributed by atoms with Gasteiger partial charge in [0.25, 0.3) is 0 Å². The van der Waals surface area contributed by atoms with Crippen LogP contribution in [0.3, 0.4) is 0 Å². The van der Waals surface area contributed by atoms with E-state index in [1.54, 1.807) is 6.07 Å². The smallest absolute Gasteiger partial charge is 0.207 e. The summed E-state index contributed by atoms with van der Waals surface area (Å²) in [6, 6.07) is 5.50. The molecule has 5 heteroatoms. The Hall–Kier alpha value is -0.940. The van der Waals surface area contributed by atoms with Crippen molar-refractivity contribution in [1.82, 2.24) is 4.31 Å². The van der Waals surface area contributed by atoms with Crippen LogP contribution in [0.25, 0.3) is 0 Å². The van der Waals surface area contributed by atoms with Gasteiger partial charge in [0, 0.05) is 12.6 Å². The maximum atomic E-state index is 13.6. The van der Waals surface area contributed by atoms with Gasteiger partial charge in [-0.3, -0.25) is 0 Å². The molecular weight excluding hydrogens is 241 g/mol. The molecule has 0 bridgehead atoms. The van der Waals surface area contributed by atoms with Crippen molar-refractivity contribution in [2.45, 2.75) is 37.1 Å². The van der Waals surface area contributed by atoms with Crippen molar-refractivity contribution in [1.29, 1.82) is 0 Å². The molecule has 1 heterocycles. The lowest BCUT2D eigenvalue weighted by molar-refractivity contribution is 0.268. The monoisotopic (exact) mass is 257 g/mol. The standard InChI is InChI=1S/C12H16FNO2S/c1-10-6-4-5-9-14(10)17(15,16)12-8-3-2-7-11(12)13/h2-3,7-8,10H,4-6,9H2,1H3/t10-/m0/s1. The highest BCUT2D eigenvalue weighted by molar-refractivity contribution is 7.89. The van der Waals surface area contributed by atoms with Crippen LogP contribution < -0.4 is 0 Å². The normalized spacial score (nSPS) is 22.6. The number of halogens is 1. The van der Waals surface area contributed by atoms with E-state index in [1.165, 1.54) is 22.5 Å². The molecular formula is C12H16FNO2S. The van der Waals surface area contributed by atoms with E-state index in [4.69, 9.17) is 0 Å². The van der Waals surface area contributed by atoms with Crippen LogP contribution >= 0.6 is 0 Å². The predicted octanol–water partition coefficient (Wildman–Crippen LogP) is 2.39. The lowest BCUT2D eigenvalue weighted by Crippen LogP contribution is -2.42. The number of rotatable bonds is 2. The lowest BCUT2D eigenvalue weighted by Gasteiger charge is -2.32. The van der Waals surface area contributed by atoms with Crippen LogP contribution in [0.15, 0.2) is 29.2 Å². The summed E-state index contributed by atoms with van der Waals surface area (Å²) < 4.78 is 39.6. The Kier molecular flexibility index (Phi) is 3.49. The van der Waals surface area contributed by atoms with Crippen molar-refractivity contribution in [3.05, 3.63) is 30.1 Å². The SMILES string of the molecule is C[C@H]1CCCCN1S(=O)(=O)c1ccccc1F. The van der Waals surface area contributed by atoms with Gasteiger partial charge in [0.05, 0.1) is 0 Å². The molecule has 0 N–H and O–H groups in total. The van der Waals surface area contributed by atoms with E-state index < -0.39 is 15.8 Å². The van der Waals surface area contributed by atoms with Crippen LogP contribution in [0, 0.1) is 5.82 Å². The Labute approximate surface area is 101 Å². The molecule has 0 amide bonds. The lowest BCUT2D eigenvalue weighted by atomic mass is 10.1. The van der Waals surface area contributed by atoms with Gasteiger partial charge >= 0.3 is 0 Å². The van der Waals surface area contributed by atoms with Gasteiger partial charge in [-0.25, -0.2) is 12.8 Å². The van der Waals surface area contributed by atoms with Gasteiger partial charge in [0.1, 0.15) is 10.7 Å². The molecule has 1 saturated heterocycles. The first-order valence-corrected chi connectivity index (χ1v) is 7.24. The molecule has 0 saturated carbocycles. The fraction of sp³-hybridized carbons (Fsp3) is 0.500. The maximum absolute atomic E-state index is 13.6. The van der Waals surface area contributed by atoms with Crippen LogP contribution in [0.1, 0.15) is 26.2 Å². The summed E-state index contributed by atoms with van der Waals surface area (Å²) in [7, 11) is -3.68. The fourth-order valence-corrected chi connectivity index (χ4v) is 3.98. The summed E-state index contributed by atoms with van der Waals surface area (Å²) in [5.74, 6) is -0.676. The average molecular weight is 257 g/mol. The summed E-state index contributed by atoms with van der Waals surface area (Å²) in [5, 5.41) is 0. The fourth-order valence-electron chi connectivity index (χ4n) is 2.21. The molecule has 17 heavy (non-hydrogen) atoms. The maximum Gasteiger partial charge on any atom is 0.246 e. The summed E-state index contributed by atoms with van der Waals surface area (Å²) >= 11 is 0. The molecule has 1 fully saturated rings. The van der Waals surface area contributed by atoms with E-state index in [0.717, 1.165) is 19.3 Å². The third kappa shape index (κ3) is 2.35. The van der Waals surface area contributed by atoms with Gasteiger partial charge in [-0.15, -0.1) is 0 Å². The number of piperidine rings is 1. The molecule has 1 aliphatic heterocycles. The van der Waals surface area contributed by atoms with Crippen molar-refractivity contribution < 1.29 is 12.8 Å². The Morgan fingerprint density at radius 2 is 2.00 bits per heavy atom. The van der Waals surface area contributed by atoms with Gasteiger partial charge in [-0.2, -0.15) is 4.31 Å². The third-order valence-corrected chi connectivity index (χ3v) is 5.21. The van der Waals surface area contributed by atoms with Crippen molar-refractivity contribution in [2.75, 3.05) is 6.54 Å². The van der Waals surface area contributed by atoms with E-state index >= 15 is 0 Å². The third-order valence-electron chi connectivity index (χ3n) is 3.17. The van der Waals surface area contributed by atoms with Crippen molar-refractivity contribution >= 4 is 10.0 Å². The summed E-state index contributed by atoms with van der Waals surface area (Å²) in [5.41, 5.74) is 0. The molecule has 94 valence electrons. The van der Waals surface area contributed by atoms with Crippen molar-refractivity contribution in [2.24, 2.45) is 0 Å². The molecule has 0 aromatic heterocycles. The molecule has 1 aliphatic rings. The minimum Gasteiger partial charge on any atom is -0.207 e. The first kappa shape index (κ1) is 12.5. The Morgan fingerprint density at radius 3 is 2.65 bits per heavy atom. The average Bonchev–Trinajstić information content (AvgIpc) is 2.29. The van der Waals surface area contributed by atoms with Gasteiger partial charge < -0.3 is 0 Å². The van der Waals surface area contributed by atoms with E-state index in [2.05, 4.69) is 0 Å². The zero-order valence-corrected chi connectivity index (χ0v) is 10.6. The molecule has 0 aliphatic carbocycles. The molecule has 2 rings (SSSR count). The Balaban J connectivity index is 2.39. The molecule has 0 spiro atoms. The highest BCUT2D eigenvalue weighted by Gasteiger charge is 2.32. The van der Waals surface area contributed by atoms with Crippen LogP contribution in [-0.2, 0) is 10.0 Å². The van der Waals surface area contributed by atoms with E-state index in [-0.39, 0.29) is 10.9 Å². The zero-order chi connectivity index (χ0) is 12.5. The van der Waals surface area contributed by atoms with Gasteiger partial charge in [0.15, 0.2) is 0 Å². The minimum atomic E-state index is -3.68. The van der Waals surface area contributed by atoms with E-state index in [0.29, 0.717) is 6.54 Å². The molecule has 1 aromatic carbocycles. The molecule has 0 radical (unpaired) electrons. The number of sulfonamides is 1. The van der Waals surface area contributed by atoms with Crippen LogP contribution in [0.2, 0.25) is 0 Å². The quantitative estimate of drug-likeness (QED) is 0.815. The Bertz CT molecular complexity index is 501. The topological polar surface area (TPSA) is 37.4 Å². The number of hydrogen-bond acceptors (Lipinski definition) is 2. The van der Waals surface area contributed by atoms with E-state index in [1.807, 2.05) is 6.92 Å². The summed E-state index contributed by atoms with van der Waals surface area (Å²) in [6.07, 6.45) is 2.72. The molecule has 1 aromatic rings. The predicted molar refractivity (Wildman–Crippen MR) is 63.6 cm³/mol. The van der Waals surface area contributed by atoms with Crippen LogP contribution in [0.5, 0.6) is 0 Å². The second-order valence-corrected chi connectivity index (χ2v) is 6.25. The van der Waals surface area contributed by atoms with E-state index in [9.17, 15) is 12.8 Å². The Morgan fingerprint density at radius 1 is 1.29 bits per heavy atom. The summed E-state index contributed by atoms with van der Waals surface area (Å²) in [6.45, 7) is 2.36. The molecule has 3 nitrogen and oxygen atoms in total. The number of hydrogen-bond donors (Lipinski definition) is 0. The second kappa shape index (κ2) is 4.74. The second-order valence-electron chi connectivity index (χ2n) is 4.39.